The van der Waals surface area contributed by atoms with E-state index in [-0.39, 0.29) is 24.4 Å². The normalized spacial score (nSPS) is 16.4. The van der Waals surface area contributed by atoms with E-state index in [1.165, 1.54) is 0 Å². The molecule has 0 unspecified atom stereocenters. The number of hydrogen-bond donors (Lipinski definition) is 3. The molecule has 2 aromatic carbocycles. The SMILES string of the molecule is Cl.Nc1ccccc1NC(=O)c1ccc(O[C@@H]2CCNC2)cc1. The third-order valence-electron chi connectivity index (χ3n) is 3.64. The van der Waals surface area contributed by atoms with Crippen LogP contribution >= 0.6 is 12.4 Å². The van der Waals surface area contributed by atoms with Crippen LogP contribution in [-0.4, -0.2) is 25.1 Å². The summed E-state index contributed by atoms with van der Waals surface area (Å²) in [7, 11) is 0. The van der Waals surface area contributed by atoms with Crippen LogP contribution < -0.4 is 21.1 Å². The lowest BCUT2D eigenvalue weighted by atomic mass is 10.2. The van der Waals surface area contributed by atoms with Crippen molar-refractivity contribution >= 4 is 29.7 Å². The van der Waals surface area contributed by atoms with Gasteiger partial charge in [0, 0.05) is 12.1 Å². The third-order valence-corrected chi connectivity index (χ3v) is 3.64. The van der Waals surface area contributed by atoms with E-state index < -0.39 is 0 Å². The van der Waals surface area contributed by atoms with Gasteiger partial charge in [-0.05, 0) is 49.4 Å². The van der Waals surface area contributed by atoms with Crippen LogP contribution in [0.1, 0.15) is 16.8 Å². The number of para-hydroxylation sites is 2. The Kier molecular flexibility index (Phi) is 5.84. The third kappa shape index (κ3) is 4.37. The molecule has 1 amide bonds. The number of carbonyl (C=O) groups excluding carboxylic acids is 1. The van der Waals surface area contributed by atoms with Crippen molar-refractivity contribution in [2.24, 2.45) is 0 Å². The van der Waals surface area contributed by atoms with Gasteiger partial charge in [-0.3, -0.25) is 4.79 Å². The Labute approximate surface area is 141 Å². The predicted molar refractivity (Wildman–Crippen MR) is 94.4 cm³/mol. The number of carbonyl (C=O) groups is 1. The van der Waals surface area contributed by atoms with Crippen LogP contribution in [0.2, 0.25) is 0 Å². The maximum Gasteiger partial charge on any atom is 0.255 e. The molecule has 0 bridgehead atoms. The molecule has 1 atom stereocenters. The van der Waals surface area contributed by atoms with Crippen molar-refractivity contribution in [3.8, 4) is 5.75 Å². The molecule has 5 nitrogen and oxygen atoms in total. The van der Waals surface area contributed by atoms with Gasteiger partial charge < -0.3 is 21.1 Å². The topological polar surface area (TPSA) is 76.4 Å². The molecule has 1 aliphatic rings. The second-order valence-corrected chi connectivity index (χ2v) is 5.30. The lowest BCUT2D eigenvalue weighted by Crippen LogP contribution is -2.19. The number of benzene rings is 2. The second kappa shape index (κ2) is 7.85. The lowest BCUT2D eigenvalue weighted by molar-refractivity contribution is 0.102. The summed E-state index contributed by atoms with van der Waals surface area (Å²) in [6.07, 6.45) is 1.22. The summed E-state index contributed by atoms with van der Waals surface area (Å²) in [5, 5.41) is 6.06. The molecule has 0 radical (unpaired) electrons. The molecule has 1 saturated heterocycles. The van der Waals surface area contributed by atoms with Gasteiger partial charge in [0.25, 0.3) is 5.91 Å². The largest absolute Gasteiger partial charge is 0.489 e. The Hall–Kier alpha value is -2.24. The highest BCUT2D eigenvalue weighted by Crippen LogP contribution is 2.20. The van der Waals surface area contributed by atoms with Gasteiger partial charge in [-0.15, -0.1) is 12.4 Å². The van der Waals surface area contributed by atoms with Crippen molar-refractivity contribution in [2.75, 3.05) is 24.1 Å². The maximum atomic E-state index is 12.2. The number of amides is 1. The molecule has 1 fully saturated rings. The summed E-state index contributed by atoms with van der Waals surface area (Å²) >= 11 is 0. The Balaban J connectivity index is 0.00000192. The fourth-order valence-corrected chi connectivity index (χ4v) is 2.41. The summed E-state index contributed by atoms with van der Waals surface area (Å²) < 4.78 is 5.83. The minimum Gasteiger partial charge on any atom is -0.489 e. The molecular formula is C17H20ClN3O2. The number of nitrogens with one attached hydrogen (secondary N) is 2. The summed E-state index contributed by atoms with van der Waals surface area (Å²) in [6.45, 7) is 1.86. The van der Waals surface area contributed by atoms with Crippen LogP contribution in [0.5, 0.6) is 5.75 Å². The molecule has 0 aromatic heterocycles. The zero-order valence-corrected chi connectivity index (χ0v) is 13.4. The summed E-state index contributed by atoms with van der Waals surface area (Å²) in [5.74, 6) is 0.594. The number of nitrogens with two attached hydrogens (primary N) is 1. The lowest BCUT2D eigenvalue weighted by Gasteiger charge is -2.13. The molecule has 4 N–H and O–H groups in total. The fourth-order valence-electron chi connectivity index (χ4n) is 2.41. The zero-order valence-electron chi connectivity index (χ0n) is 12.6. The Bertz CT molecular complexity index is 655. The first-order valence-electron chi connectivity index (χ1n) is 7.35. The van der Waals surface area contributed by atoms with Crippen LogP contribution in [0.25, 0.3) is 0 Å². The second-order valence-electron chi connectivity index (χ2n) is 5.30. The summed E-state index contributed by atoms with van der Waals surface area (Å²) in [6, 6.07) is 14.3. The molecule has 6 heteroatoms. The predicted octanol–water partition coefficient (Wildman–Crippen LogP) is 2.68. The highest BCUT2D eigenvalue weighted by molar-refractivity contribution is 6.05. The number of rotatable bonds is 4. The molecule has 0 saturated carbocycles. The minimum atomic E-state index is -0.188. The summed E-state index contributed by atoms with van der Waals surface area (Å²) in [5.41, 5.74) is 7.55. The smallest absolute Gasteiger partial charge is 0.255 e. The number of hydrogen-bond acceptors (Lipinski definition) is 4. The van der Waals surface area contributed by atoms with Gasteiger partial charge in [0.05, 0.1) is 11.4 Å². The van der Waals surface area contributed by atoms with Crippen molar-refractivity contribution in [2.45, 2.75) is 12.5 Å². The van der Waals surface area contributed by atoms with E-state index in [9.17, 15) is 4.79 Å². The van der Waals surface area contributed by atoms with E-state index in [1.54, 1.807) is 24.3 Å². The van der Waals surface area contributed by atoms with Gasteiger partial charge in [0.15, 0.2) is 0 Å². The first kappa shape index (κ1) is 17.1. The Morgan fingerprint density at radius 1 is 1.17 bits per heavy atom. The molecule has 0 aliphatic carbocycles. The van der Waals surface area contributed by atoms with Crippen molar-refractivity contribution in [1.29, 1.82) is 0 Å². The fraction of sp³-hybridized carbons (Fsp3) is 0.235. The Morgan fingerprint density at radius 2 is 1.91 bits per heavy atom. The molecule has 2 aromatic rings. The Morgan fingerprint density at radius 3 is 2.57 bits per heavy atom. The van der Waals surface area contributed by atoms with E-state index in [0.717, 1.165) is 25.3 Å². The molecule has 3 rings (SSSR count). The van der Waals surface area contributed by atoms with Gasteiger partial charge in [-0.25, -0.2) is 0 Å². The van der Waals surface area contributed by atoms with Crippen LogP contribution in [0.15, 0.2) is 48.5 Å². The minimum absolute atomic E-state index is 0. The summed E-state index contributed by atoms with van der Waals surface area (Å²) in [4.78, 5) is 12.2. The number of ether oxygens (including phenoxy) is 1. The van der Waals surface area contributed by atoms with Gasteiger partial charge in [-0.2, -0.15) is 0 Å². The molecule has 122 valence electrons. The zero-order chi connectivity index (χ0) is 15.4. The van der Waals surface area contributed by atoms with E-state index in [2.05, 4.69) is 10.6 Å². The van der Waals surface area contributed by atoms with Crippen LogP contribution in [0.3, 0.4) is 0 Å². The van der Waals surface area contributed by atoms with Crippen molar-refractivity contribution in [3.63, 3.8) is 0 Å². The van der Waals surface area contributed by atoms with Crippen molar-refractivity contribution in [3.05, 3.63) is 54.1 Å². The van der Waals surface area contributed by atoms with Gasteiger partial charge in [0.2, 0.25) is 0 Å². The quantitative estimate of drug-likeness (QED) is 0.752. The van der Waals surface area contributed by atoms with Gasteiger partial charge in [0.1, 0.15) is 11.9 Å². The van der Waals surface area contributed by atoms with Gasteiger partial charge >= 0.3 is 0 Å². The van der Waals surface area contributed by atoms with E-state index in [0.29, 0.717) is 16.9 Å². The number of anilines is 2. The maximum absolute atomic E-state index is 12.2. The monoisotopic (exact) mass is 333 g/mol. The van der Waals surface area contributed by atoms with Crippen LogP contribution in [0.4, 0.5) is 11.4 Å². The number of nitrogen functional groups attached to an aromatic ring is 1. The van der Waals surface area contributed by atoms with E-state index in [1.807, 2.05) is 24.3 Å². The number of halogens is 1. The molecular weight excluding hydrogens is 314 g/mol. The first-order valence-corrected chi connectivity index (χ1v) is 7.35. The van der Waals surface area contributed by atoms with E-state index in [4.69, 9.17) is 10.5 Å². The average Bonchev–Trinajstić information content (AvgIpc) is 3.03. The van der Waals surface area contributed by atoms with Crippen LogP contribution in [0, 0.1) is 0 Å². The van der Waals surface area contributed by atoms with Gasteiger partial charge in [-0.1, -0.05) is 12.1 Å². The standard InChI is InChI=1S/C17H19N3O2.ClH/c18-15-3-1-2-4-16(15)20-17(21)12-5-7-13(8-6-12)22-14-9-10-19-11-14;/h1-8,14,19H,9-11,18H2,(H,20,21);1H/t14-;/m1./s1. The van der Waals surface area contributed by atoms with Crippen molar-refractivity contribution < 1.29 is 9.53 Å². The van der Waals surface area contributed by atoms with Crippen molar-refractivity contribution in [1.82, 2.24) is 5.32 Å². The molecule has 0 spiro atoms. The van der Waals surface area contributed by atoms with E-state index >= 15 is 0 Å². The highest BCUT2D eigenvalue weighted by atomic mass is 35.5. The van der Waals surface area contributed by atoms with Crippen LogP contribution in [-0.2, 0) is 0 Å². The molecule has 1 aliphatic heterocycles. The molecule has 23 heavy (non-hydrogen) atoms. The first-order chi connectivity index (χ1) is 10.7. The molecule has 1 heterocycles. The highest BCUT2D eigenvalue weighted by Gasteiger charge is 2.16. The average molecular weight is 334 g/mol.